The van der Waals surface area contributed by atoms with Crippen molar-refractivity contribution in [1.29, 1.82) is 0 Å². The third-order valence-corrected chi connectivity index (χ3v) is 9.39. The van der Waals surface area contributed by atoms with Gasteiger partial charge in [-0.05, 0) is 48.5 Å². The molecule has 38 heavy (non-hydrogen) atoms. The Hall–Kier alpha value is -3.16. The Kier molecular flexibility index (Phi) is 8.90. The molecule has 0 amide bonds. The molecule has 1 fully saturated rings. The minimum absolute atomic E-state index is 0.000744. The molecule has 1 aliphatic rings. The molecular formula is C26H31N3O7S2. The standard InChI is InChI=1S/C26H31N3O7S2/c1-35-23-10-12-26(13-11-23)38(33,34)29-16-14-28(15-17-29)19-22(30)20-36-24-7-5-6-21(18-24)27-37(31,32)25-8-3-2-4-9-25/h2-13,18,22,27,30H,14-17,19-20H2,1H3. The normalized spacial score (nSPS) is 16.1. The third kappa shape index (κ3) is 7.03. The van der Waals surface area contributed by atoms with E-state index in [2.05, 4.69) is 4.72 Å². The molecule has 0 bridgehead atoms. The van der Waals surface area contributed by atoms with E-state index in [1.807, 2.05) is 4.90 Å². The van der Waals surface area contributed by atoms with Crippen LogP contribution in [0.4, 0.5) is 5.69 Å². The average Bonchev–Trinajstić information content (AvgIpc) is 2.93. The van der Waals surface area contributed by atoms with Crippen molar-refractivity contribution in [1.82, 2.24) is 9.21 Å². The summed E-state index contributed by atoms with van der Waals surface area (Å²) in [5.41, 5.74) is 0.343. The number of benzene rings is 3. The van der Waals surface area contributed by atoms with Crippen LogP contribution >= 0.6 is 0 Å². The molecule has 204 valence electrons. The van der Waals surface area contributed by atoms with Gasteiger partial charge < -0.3 is 14.6 Å². The van der Waals surface area contributed by atoms with Crippen LogP contribution in [0.1, 0.15) is 0 Å². The topological polar surface area (TPSA) is 125 Å². The van der Waals surface area contributed by atoms with E-state index >= 15 is 0 Å². The Balaban J connectivity index is 1.25. The second-order valence-corrected chi connectivity index (χ2v) is 12.4. The van der Waals surface area contributed by atoms with Gasteiger partial charge in [0, 0.05) is 38.8 Å². The number of aliphatic hydroxyl groups is 1. The number of anilines is 1. The van der Waals surface area contributed by atoms with Crippen LogP contribution in [-0.4, -0.2) is 83.7 Å². The summed E-state index contributed by atoms with van der Waals surface area (Å²) in [6, 6.07) is 20.9. The van der Waals surface area contributed by atoms with Crippen LogP contribution < -0.4 is 14.2 Å². The van der Waals surface area contributed by atoms with E-state index in [1.54, 1.807) is 54.6 Å². The quantitative estimate of drug-likeness (QED) is 0.365. The van der Waals surface area contributed by atoms with E-state index < -0.39 is 26.2 Å². The van der Waals surface area contributed by atoms with Crippen LogP contribution in [-0.2, 0) is 20.0 Å². The van der Waals surface area contributed by atoms with Gasteiger partial charge in [0.25, 0.3) is 10.0 Å². The first-order chi connectivity index (χ1) is 18.2. The van der Waals surface area contributed by atoms with Gasteiger partial charge in [0.2, 0.25) is 10.0 Å². The Morgan fingerprint density at radius 2 is 1.53 bits per heavy atom. The highest BCUT2D eigenvalue weighted by atomic mass is 32.2. The maximum atomic E-state index is 12.9. The molecule has 2 N–H and O–H groups in total. The summed E-state index contributed by atoms with van der Waals surface area (Å²) < 4.78 is 65.7. The monoisotopic (exact) mass is 561 g/mol. The maximum absolute atomic E-state index is 12.9. The van der Waals surface area contributed by atoms with Gasteiger partial charge in [-0.25, -0.2) is 16.8 Å². The minimum atomic E-state index is -3.73. The summed E-state index contributed by atoms with van der Waals surface area (Å²) in [5, 5.41) is 10.5. The second kappa shape index (κ2) is 12.1. The van der Waals surface area contributed by atoms with Crippen LogP contribution in [0.3, 0.4) is 0 Å². The molecule has 0 saturated carbocycles. The summed E-state index contributed by atoms with van der Waals surface area (Å²) in [6.07, 6.45) is -0.815. The highest BCUT2D eigenvalue weighted by Gasteiger charge is 2.29. The summed E-state index contributed by atoms with van der Waals surface area (Å²) in [7, 11) is -5.81. The van der Waals surface area contributed by atoms with Gasteiger partial charge in [0.1, 0.15) is 24.2 Å². The van der Waals surface area contributed by atoms with Gasteiger partial charge in [-0.15, -0.1) is 0 Å². The summed E-state index contributed by atoms with van der Waals surface area (Å²) in [4.78, 5) is 2.35. The fraction of sp³-hybridized carbons (Fsp3) is 0.308. The molecule has 1 aliphatic heterocycles. The zero-order chi connectivity index (χ0) is 27.2. The van der Waals surface area contributed by atoms with E-state index in [0.717, 1.165) is 0 Å². The number of nitrogens with one attached hydrogen (secondary N) is 1. The summed E-state index contributed by atoms with van der Waals surface area (Å²) in [5.74, 6) is 0.998. The van der Waals surface area contributed by atoms with Gasteiger partial charge in [-0.3, -0.25) is 9.62 Å². The summed E-state index contributed by atoms with van der Waals surface area (Å²) in [6.45, 7) is 1.89. The van der Waals surface area contributed by atoms with E-state index in [4.69, 9.17) is 9.47 Å². The fourth-order valence-electron chi connectivity index (χ4n) is 4.06. The minimum Gasteiger partial charge on any atom is -0.497 e. The third-order valence-electron chi connectivity index (χ3n) is 6.08. The van der Waals surface area contributed by atoms with Gasteiger partial charge in [-0.1, -0.05) is 24.3 Å². The molecule has 1 atom stereocenters. The molecular weight excluding hydrogens is 530 g/mol. The Morgan fingerprint density at radius 3 is 2.18 bits per heavy atom. The SMILES string of the molecule is COc1ccc(S(=O)(=O)N2CCN(CC(O)COc3cccc(NS(=O)(=O)c4ccccc4)c3)CC2)cc1. The largest absolute Gasteiger partial charge is 0.497 e. The highest BCUT2D eigenvalue weighted by molar-refractivity contribution is 7.92. The predicted octanol–water partition coefficient (Wildman–Crippen LogP) is 2.24. The molecule has 0 aliphatic carbocycles. The molecule has 0 spiro atoms. The van der Waals surface area contributed by atoms with Gasteiger partial charge >= 0.3 is 0 Å². The highest BCUT2D eigenvalue weighted by Crippen LogP contribution is 2.22. The molecule has 3 aromatic rings. The molecule has 12 heteroatoms. The number of methoxy groups -OCH3 is 1. The zero-order valence-electron chi connectivity index (χ0n) is 20.9. The van der Waals surface area contributed by atoms with Gasteiger partial charge in [0.15, 0.2) is 0 Å². The molecule has 3 aromatic carbocycles. The molecule has 0 radical (unpaired) electrons. The van der Waals surface area contributed by atoms with Crippen LogP contribution in [0, 0.1) is 0 Å². The number of hydrogen-bond donors (Lipinski definition) is 2. The fourth-order valence-corrected chi connectivity index (χ4v) is 6.55. The Labute approximate surface area is 223 Å². The van der Waals surface area contributed by atoms with Crippen molar-refractivity contribution >= 4 is 25.7 Å². The van der Waals surface area contributed by atoms with Crippen molar-refractivity contribution in [3.8, 4) is 11.5 Å². The Morgan fingerprint density at radius 1 is 0.842 bits per heavy atom. The molecule has 1 saturated heterocycles. The Bertz CT molecular complexity index is 1410. The lowest BCUT2D eigenvalue weighted by atomic mass is 10.3. The second-order valence-electron chi connectivity index (χ2n) is 8.79. The molecule has 1 unspecified atom stereocenters. The maximum Gasteiger partial charge on any atom is 0.261 e. The van der Waals surface area contributed by atoms with Crippen molar-refractivity contribution < 1.29 is 31.4 Å². The van der Waals surface area contributed by atoms with E-state index in [0.29, 0.717) is 49.9 Å². The molecule has 10 nitrogen and oxygen atoms in total. The van der Waals surface area contributed by atoms with Crippen LogP contribution in [0.2, 0.25) is 0 Å². The van der Waals surface area contributed by atoms with E-state index in [1.165, 1.54) is 35.7 Å². The van der Waals surface area contributed by atoms with Gasteiger partial charge in [0.05, 0.1) is 22.6 Å². The number of nitrogens with zero attached hydrogens (tertiary/aromatic N) is 2. The smallest absolute Gasteiger partial charge is 0.261 e. The molecule has 1 heterocycles. The van der Waals surface area contributed by atoms with Crippen molar-refractivity contribution in [3.05, 3.63) is 78.9 Å². The number of piperazine rings is 1. The zero-order valence-corrected chi connectivity index (χ0v) is 22.6. The predicted molar refractivity (Wildman–Crippen MR) is 143 cm³/mol. The van der Waals surface area contributed by atoms with Crippen LogP contribution in [0.25, 0.3) is 0 Å². The lowest BCUT2D eigenvalue weighted by Crippen LogP contribution is -2.50. The van der Waals surface area contributed by atoms with Crippen molar-refractivity contribution in [2.75, 3.05) is 51.2 Å². The van der Waals surface area contributed by atoms with Crippen LogP contribution in [0.5, 0.6) is 11.5 Å². The lowest BCUT2D eigenvalue weighted by Gasteiger charge is -2.34. The number of hydrogen-bond acceptors (Lipinski definition) is 8. The van der Waals surface area contributed by atoms with Crippen molar-refractivity contribution in [2.45, 2.75) is 15.9 Å². The first-order valence-electron chi connectivity index (χ1n) is 12.0. The number of β-amino-alcohol motifs (C(OH)–C–C–N with tert-alkyl or cyclic N) is 1. The van der Waals surface area contributed by atoms with E-state index in [-0.39, 0.29) is 16.4 Å². The molecule has 4 rings (SSSR count). The van der Waals surface area contributed by atoms with Crippen molar-refractivity contribution in [3.63, 3.8) is 0 Å². The first kappa shape index (κ1) is 27.9. The van der Waals surface area contributed by atoms with Gasteiger partial charge in [-0.2, -0.15) is 4.31 Å². The number of sulfonamides is 2. The lowest BCUT2D eigenvalue weighted by molar-refractivity contribution is 0.0569. The number of aliphatic hydroxyl groups excluding tert-OH is 1. The molecule has 0 aromatic heterocycles. The number of ether oxygens (including phenoxy) is 2. The van der Waals surface area contributed by atoms with E-state index in [9.17, 15) is 21.9 Å². The number of rotatable bonds is 11. The van der Waals surface area contributed by atoms with Crippen LogP contribution in [0.15, 0.2) is 88.7 Å². The first-order valence-corrected chi connectivity index (χ1v) is 14.9. The van der Waals surface area contributed by atoms with Crippen molar-refractivity contribution in [2.24, 2.45) is 0 Å². The average molecular weight is 562 g/mol. The summed E-state index contributed by atoms with van der Waals surface area (Å²) >= 11 is 0.